The van der Waals surface area contributed by atoms with Crippen molar-refractivity contribution in [3.05, 3.63) is 18.0 Å². The van der Waals surface area contributed by atoms with Crippen molar-refractivity contribution < 1.29 is 31.9 Å². The molecule has 0 bridgehead atoms. The summed E-state index contributed by atoms with van der Waals surface area (Å²) in [5.41, 5.74) is -1.54. The number of alkyl halides is 3. The van der Waals surface area contributed by atoms with Gasteiger partial charge < -0.3 is 24.3 Å². The molecule has 1 atom stereocenters. The normalized spacial score (nSPS) is 16.4. The van der Waals surface area contributed by atoms with Crippen molar-refractivity contribution in [3.63, 3.8) is 0 Å². The van der Waals surface area contributed by atoms with E-state index in [9.17, 15) is 22.8 Å². The summed E-state index contributed by atoms with van der Waals surface area (Å²) in [6, 6.07) is 0. The number of rotatable bonds is 7. The molecule has 37 heavy (non-hydrogen) atoms. The van der Waals surface area contributed by atoms with E-state index in [-0.39, 0.29) is 29.9 Å². The molecule has 1 unspecified atom stereocenters. The number of halogens is 3. The van der Waals surface area contributed by atoms with Crippen molar-refractivity contribution in [2.45, 2.75) is 84.0 Å². The highest BCUT2D eigenvalue weighted by atomic mass is 28.4. The highest BCUT2D eigenvalue weighted by Gasteiger charge is 2.42. The molecule has 0 aromatic carbocycles. The molecule has 1 saturated heterocycles. The SMILES string of the molecule is CC(C)(C)OC(=O)NCCC(O[Si](C)(C)C(C)(C)C)C(=O)N1CCN(c2ncc(C(F)(F)F)cn2)CC1. The Morgan fingerprint density at radius 2 is 1.57 bits per heavy atom. The summed E-state index contributed by atoms with van der Waals surface area (Å²) in [6.45, 7) is 17.4. The van der Waals surface area contributed by atoms with Gasteiger partial charge in [-0.15, -0.1) is 0 Å². The zero-order valence-electron chi connectivity index (χ0n) is 23.0. The van der Waals surface area contributed by atoms with Crippen LogP contribution in [0.15, 0.2) is 12.4 Å². The third-order valence-corrected chi connectivity index (χ3v) is 10.9. The van der Waals surface area contributed by atoms with Crippen LogP contribution in [0.25, 0.3) is 0 Å². The van der Waals surface area contributed by atoms with Crippen LogP contribution in [0.2, 0.25) is 18.1 Å². The molecule has 210 valence electrons. The Kier molecular flexibility index (Phi) is 9.61. The van der Waals surface area contributed by atoms with Crippen LogP contribution in [0.1, 0.15) is 53.5 Å². The number of amides is 2. The van der Waals surface area contributed by atoms with Gasteiger partial charge in [0.05, 0.1) is 5.56 Å². The van der Waals surface area contributed by atoms with Gasteiger partial charge in [-0.05, 0) is 45.3 Å². The van der Waals surface area contributed by atoms with E-state index < -0.39 is 37.9 Å². The van der Waals surface area contributed by atoms with Crippen LogP contribution in [0, 0.1) is 0 Å². The third-order valence-electron chi connectivity index (χ3n) is 6.43. The molecule has 0 radical (unpaired) electrons. The van der Waals surface area contributed by atoms with Gasteiger partial charge in [0.1, 0.15) is 11.7 Å². The van der Waals surface area contributed by atoms with Crippen molar-refractivity contribution in [1.29, 1.82) is 0 Å². The zero-order chi connectivity index (χ0) is 28.2. The molecule has 9 nitrogen and oxygen atoms in total. The molecule has 1 aliphatic rings. The van der Waals surface area contributed by atoms with Crippen LogP contribution in [0.3, 0.4) is 0 Å². The standard InChI is InChI=1S/C24H40F3N5O4Si/c1-22(2,3)35-21(34)28-10-9-18(36-37(7,8)23(4,5)6)19(33)31-11-13-32(14-12-31)20-29-15-17(16-30-20)24(25,26)27/h15-16,18H,9-14H2,1-8H3,(H,28,34). The van der Waals surface area contributed by atoms with Gasteiger partial charge in [0.15, 0.2) is 8.32 Å². The molecule has 1 aliphatic heterocycles. The van der Waals surface area contributed by atoms with E-state index in [0.717, 1.165) is 12.4 Å². The Balaban J connectivity index is 2.05. The predicted molar refractivity (Wildman–Crippen MR) is 137 cm³/mol. The summed E-state index contributed by atoms with van der Waals surface area (Å²) in [4.78, 5) is 36.7. The van der Waals surface area contributed by atoms with E-state index in [1.807, 2.05) is 0 Å². The lowest BCUT2D eigenvalue weighted by Crippen LogP contribution is -2.55. The fourth-order valence-electron chi connectivity index (χ4n) is 3.35. The number of hydrogen-bond acceptors (Lipinski definition) is 7. The third kappa shape index (κ3) is 9.13. The minimum Gasteiger partial charge on any atom is -0.444 e. The topological polar surface area (TPSA) is 96.9 Å². The summed E-state index contributed by atoms with van der Waals surface area (Å²) in [6.07, 6.45) is -3.99. The summed E-state index contributed by atoms with van der Waals surface area (Å²) in [5, 5.41) is 2.57. The minimum absolute atomic E-state index is 0.122. The Morgan fingerprint density at radius 3 is 2.03 bits per heavy atom. The van der Waals surface area contributed by atoms with Crippen molar-refractivity contribution in [2.75, 3.05) is 37.6 Å². The summed E-state index contributed by atoms with van der Waals surface area (Å²) in [5.74, 6) is 0.0135. The van der Waals surface area contributed by atoms with E-state index in [0.29, 0.717) is 26.2 Å². The van der Waals surface area contributed by atoms with E-state index in [2.05, 4.69) is 49.1 Å². The number of alkyl carbamates (subject to hydrolysis) is 1. The van der Waals surface area contributed by atoms with Crippen molar-refractivity contribution in [1.82, 2.24) is 20.2 Å². The highest BCUT2D eigenvalue weighted by molar-refractivity contribution is 6.74. The van der Waals surface area contributed by atoms with Crippen LogP contribution < -0.4 is 10.2 Å². The van der Waals surface area contributed by atoms with Gasteiger partial charge in [-0.3, -0.25) is 4.79 Å². The number of aromatic nitrogens is 2. The van der Waals surface area contributed by atoms with Gasteiger partial charge in [0, 0.05) is 45.1 Å². The number of ether oxygens (including phenoxy) is 1. The molecule has 2 rings (SSSR count). The molecule has 13 heteroatoms. The highest BCUT2D eigenvalue weighted by Crippen LogP contribution is 2.38. The molecular formula is C24H40F3N5O4Si. The number of anilines is 1. The number of nitrogens with one attached hydrogen (secondary N) is 1. The first-order valence-corrected chi connectivity index (χ1v) is 15.3. The zero-order valence-corrected chi connectivity index (χ0v) is 24.0. The average molecular weight is 548 g/mol. The maximum atomic E-state index is 13.5. The van der Waals surface area contributed by atoms with Crippen LogP contribution in [-0.4, -0.2) is 79.6 Å². The molecule has 1 aromatic heterocycles. The van der Waals surface area contributed by atoms with Gasteiger partial charge in [0.25, 0.3) is 5.91 Å². The lowest BCUT2D eigenvalue weighted by molar-refractivity contribution is -0.140. The second-order valence-electron chi connectivity index (χ2n) is 11.7. The second kappa shape index (κ2) is 11.5. The molecule has 1 fully saturated rings. The van der Waals surface area contributed by atoms with E-state index >= 15 is 0 Å². The summed E-state index contributed by atoms with van der Waals surface area (Å²) >= 11 is 0. The lowest BCUT2D eigenvalue weighted by Gasteiger charge is -2.41. The first kappa shape index (κ1) is 30.8. The Hall–Kier alpha value is -2.41. The van der Waals surface area contributed by atoms with Crippen molar-refractivity contribution in [2.24, 2.45) is 0 Å². The number of hydrogen-bond donors (Lipinski definition) is 1. The molecule has 1 N–H and O–H groups in total. The van der Waals surface area contributed by atoms with E-state index in [1.54, 1.807) is 30.6 Å². The molecule has 0 aliphatic carbocycles. The molecule has 2 amide bonds. The van der Waals surface area contributed by atoms with E-state index in [4.69, 9.17) is 9.16 Å². The van der Waals surface area contributed by atoms with Crippen LogP contribution in [0.5, 0.6) is 0 Å². The number of nitrogens with zero attached hydrogens (tertiary/aromatic N) is 4. The van der Waals surface area contributed by atoms with Gasteiger partial charge in [0.2, 0.25) is 5.95 Å². The van der Waals surface area contributed by atoms with Crippen molar-refractivity contribution in [3.8, 4) is 0 Å². The van der Waals surface area contributed by atoms with Crippen molar-refractivity contribution >= 4 is 26.3 Å². The smallest absolute Gasteiger partial charge is 0.419 e. The summed E-state index contributed by atoms with van der Waals surface area (Å²) < 4.78 is 50.1. The number of carbonyl (C=O) groups excluding carboxylic acids is 2. The minimum atomic E-state index is -4.50. The quantitative estimate of drug-likeness (QED) is 0.504. The van der Waals surface area contributed by atoms with Gasteiger partial charge in [-0.25, -0.2) is 14.8 Å². The van der Waals surface area contributed by atoms with Crippen LogP contribution in [-0.2, 0) is 20.1 Å². The molecule has 1 aromatic rings. The molecule has 2 heterocycles. The fourth-order valence-corrected chi connectivity index (χ4v) is 4.63. The summed E-state index contributed by atoms with van der Waals surface area (Å²) in [7, 11) is -2.31. The molecule has 0 saturated carbocycles. The number of piperazine rings is 1. The average Bonchev–Trinajstić information content (AvgIpc) is 2.75. The fraction of sp³-hybridized carbons (Fsp3) is 0.750. The second-order valence-corrected chi connectivity index (χ2v) is 16.4. The van der Waals surface area contributed by atoms with Gasteiger partial charge in [-0.2, -0.15) is 13.2 Å². The Labute approximate surface area is 218 Å². The molecule has 0 spiro atoms. The van der Waals surface area contributed by atoms with Gasteiger partial charge >= 0.3 is 12.3 Å². The molecular weight excluding hydrogens is 507 g/mol. The Morgan fingerprint density at radius 1 is 1.03 bits per heavy atom. The largest absolute Gasteiger partial charge is 0.444 e. The van der Waals surface area contributed by atoms with Crippen LogP contribution in [0.4, 0.5) is 23.9 Å². The van der Waals surface area contributed by atoms with Gasteiger partial charge in [-0.1, -0.05) is 20.8 Å². The maximum absolute atomic E-state index is 13.5. The maximum Gasteiger partial charge on any atom is 0.419 e. The Bertz CT molecular complexity index is 922. The number of carbonyl (C=O) groups is 2. The first-order valence-electron chi connectivity index (χ1n) is 12.4. The van der Waals surface area contributed by atoms with Crippen LogP contribution >= 0.6 is 0 Å². The predicted octanol–water partition coefficient (Wildman–Crippen LogP) is 4.45. The lowest BCUT2D eigenvalue weighted by atomic mass is 10.2. The van der Waals surface area contributed by atoms with E-state index in [1.165, 1.54) is 0 Å². The first-order chi connectivity index (χ1) is 16.8. The monoisotopic (exact) mass is 547 g/mol.